The molecule has 0 bridgehead atoms. The maximum Gasteiger partial charge on any atom is 0.339 e. The van der Waals surface area contributed by atoms with E-state index in [1.54, 1.807) is 39.0 Å². The topological polar surface area (TPSA) is 74.3 Å². The summed E-state index contributed by atoms with van der Waals surface area (Å²) >= 11 is 0. The number of aromatic nitrogens is 1. The van der Waals surface area contributed by atoms with Gasteiger partial charge in [0.15, 0.2) is 0 Å². The first-order chi connectivity index (χ1) is 15.8. The van der Waals surface area contributed by atoms with E-state index in [-0.39, 0.29) is 0 Å². The van der Waals surface area contributed by atoms with Crippen LogP contribution in [0.25, 0.3) is 10.9 Å². The Hall–Kier alpha value is -3.86. The molecule has 1 aromatic carbocycles. The molecular weight excluding hydrogens is 424 g/mol. The van der Waals surface area contributed by atoms with Crippen LogP contribution in [0.1, 0.15) is 42.4 Å². The number of benzene rings is 1. The zero-order valence-corrected chi connectivity index (χ0v) is 20.8. The number of fused-ring (bicyclic) bond motifs is 1. The minimum absolute atomic E-state index is 0.304. The number of primary amides is 1. The standard InChI is InChI=1S/C29H34N2O3/c1-10-11-24(28(33)34-29(7,8)9)20(4)19(3)13-12-18(2)17-31-22(6)21(5)25-16-23(27(30)32)14-15-26(25)31/h10-16H,1-4,17H2,5-9H3,(H2,30,32)/b13-12-,24-11+. The quantitative estimate of drug-likeness (QED) is 0.283. The summed E-state index contributed by atoms with van der Waals surface area (Å²) in [6, 6.07) is 5.46. The molecule has 0 spiro atoms. The highest BCUT2D eigenvalue weighted by Gasteiger charge is 2.22. The van der Waals surface area contributed by atoms with Crippen LogP contribution in [0.2, 0.25) is 0 Å². The molecule has 178 valence electrons. The Labute approximate surface area is 202 Å². The first-order valence-corrected chi connectivity index (χ1v) is 11.0. The third-order valence-electron chi connectivity index (χ3n) is 5.42. The SMILES string of the molecule is C=C/C=C(\C(=C)C(=C)/C=C\C(=C)Cn1c(C)c(C)c2cc(C(N)=O)ccc21)C(=O)OC(C)(C)C. The van der Waals surface area contributed by atoms with Gasteiger partial charge in [-0.2, -0.15) is 0 Å². The molecule has 0 fully saturated rings. The Morgan fingerprint density at radius 3 is 2.32 bits per heavy atom. The second-order valence-corrected chi connectivity index (χ2v) is 9.21. The second kappa shape index (κ2) is 10.4. The van der Waals surface area contributed by atoms with E-state index in [1.807, 2.05) is 32.1 Å². The van der Waals surface area contributed by atoms with Crippen LogP contribution in [0.5, 0.6) is 0 Å². The van der Waals surface area contributed by atoms with E-state index in [0.717, 1.165) is 27.7 Å². The zero-order chi connectivity index (χ0) is 25.8. The summed E-state index contributed by atoms with van der Waals surface area (Å²) in [4.78, 5) is 24.2. The summed E-state index contributed by atoms with van der Waals surface area (Å²) in [5.41, 5.74) is 10.6. The minimum atomic E-state index is -0.628. The number of carbonyl (C=O) groups is 2. The first-order valence-electron chi connectivity index (χ1n) is 11.0. The van der Waals surface area contributed by atoms with Gasteiger partial charge in [-0.25, -0.2) is 4.79 Å². The van der Waals surface area contributed by atoms with Crippen molar-refractivity contribution in [3.63, 3.8) is 0 Å². The largest absolute Gasteiger partial charge is 0.456 e. The summed E-state index contributed by atoms with van der Waals surface area (Å²) in [5, 5.41) is 0.986. The van der Waals surface area contributed by atoms with Gasteiger partial charge in [0.1, 0.15) is 5.60 Å². The molecule has 0 atom stereocenters. The molecule has 0 aliphatic heterocycles. The van der Waals surface area contributed by atoms with Crippen LogP contribution in [-0.4, -0.2) is 22.0 Å². The van der Waals surface area contributed by atoms with Crippen molar-refractivity contribution in [2.45, 2.75) is 46.8 Å². The average molecular weight is 459 g/mol. The Bertz CT molecular complexity index is 1260. The Morgan fingerprint density at radius 1 is 1.12 bits per heavy atom. The number of ether oxygens (including phenoxy) is 1. The summed E-state index contributed by atoms with van der Waals surface area (Å²) in [6.07, 6.45) is 6.73. The average Bonchev–Trinajstić information content (AvgIpc) is 2.98. The van der Waals surface area contributed by atoms with E-state index < -0.39 is 17.5 Å². The Kier molecular flexibility index (Phi) is 8.06. The lowest BCUT2D eigenvalue weighted by Crippen LogP contribution is -2.25. The van der Waals surface area contributed by atoms with Gasteiger partial charge in [0, 0.05) is 28.7 Å². The van der Waals surface area contributed by atoms with E-state index in [1.165, 1.54) is 6.08 Å². The van der Waals surface area contributed by atoms with Gasteiger partial charge in [-0.15, -0.1) is 0 Å². The van der Waals surface area contributed by atoms with Gasteiger partial charge in [0.2, 0.25) is 5.91 Å². The number of nitrogens with two attached hydrogens (primary N) is 1. The smallest absolute Gasteiger partial charge is 0.339 e. The molecule has 0 radical (unpaired) electrons. The maximum atomic E-state index is 12.6. The lowest BCUT2D eigenvalue weighted by atomic mass is 9.99. The van der Waals surface area contributed by atoms with Crippen molar-refractivity contribution in [1.82, 2.24) is 4.57 Å². The van der Waals surface area contributed by atoms with Crippen molar-refractivity contribution in [3.05, 3.63) is 108 Å². The molecule has 1 heterocycles. The highest BCUT2D eigenvalue weighted by atomic mass is 16.6. The molecule has 5 heteroatoms. The zero-order valence-electron chi connectivity index (χ0n) is 20.8. The van der Waals surface area contributed by atoms with E-state index in [4.69, 9.17) is 10.5 Å². The number of esters is 1. The van der Waals surface area contributed by atoms with Gasteiger partial charge in [0.25, 0.3) is 0 Å². The van der Waals surface area contributed by atoms with Gasteiger partial charge < -0.3 is 15.0 Å². The van der Waals surface area contributed by atoms with Gasteiger partial charge in [-0.1, -0.05) is 44.5 Å². The molecule has 0 aliphatic rings. The van der Waals surface area contributed by atoms with Crippen molar-refractivity contribution in [2.24, 2.45) is 5.73 Å². The van der Waals surface area contributed by atoms with Crippen LogP contribution in [0.3, 0.4) is 0 Å². The van der Waals surface area contributed by atoms with Gasteiger partial charge in [-0.3, -0.25) is 4.79 Å². The summed E-state index contributed by atoms with van der Waals surface area (Å²) in [5.74, 6) is -0.930. The number of carbonyl (C=O) groups excluding carboxylic acids is 2. The van der Waals surface area contributed by atoms with Crippen molar-refractivity contribution in [2.75, 3.05) is 0 Å². The van der Waals surface area contributed by atoms with Crippen molar-refractivity contribution < 1.29 is 14.3 Å². The van der Waals surface area contributed by atoms with E-state index in [0.29, 0.717) is 28.8 Å². The fraction of sp³-hybridized carbons (Fsp3) is 0.241. The normalized spacial score (nSPS) is 12.1. The monoisotopic (exact) mass is 458 g/mol. The van der Waals surface area contributed by atoms with Gasteiger partial charge >= 0.3 is 5.97 Å². The highest BCUT2D eigenvalue weighted by molar-refractivity contribution is 5.98. The van der Waals surface area contributed by atoms with Crippen LogP contribution in [-0.2, 0) is 16.1 Å². The van der Waals surface area contributed by atoms with Crippen LogP contribution in [0.4, 0.5) is 0 Å². The van der Waals surface area contributed by atoms with E-state index >= 15 is 0 Å². The second-order valence-electron chi connectivity index (χ2n) is 9.21. The summed E-state index contributed by atoms with van der Waals surface area (Å²) < 4.78 is 7.62. The Morgan fingerprint density at radius 2 is 1.76 bits per heavy atom. The lowest BCUT2D eigenvalue weighted by Gasteiger charge is -2.21. The number of rotatable bonds is 9. The molecule has 2 aromatic rings. The first kappa shape index (κ1) is 26.4. The number of nitrogens with zero attached hydrogens (tertiary/aromatic N) is 1. The maximum absolute atomic E-state index is 12.6. The molecule has 1 amide bonds. The molecule has 1 aromatic heterocycles. The van der Waals surface area contributed by atoms with Crippen molar-refractivity contribution >= 4 is 22.8 Å². The third kappa shape index (κ3) is 6.13. The number of hydrogen-bond donors (Lipinski definition) is 1. The van der Waals surface area contributed by atoms with Crippen molar-refractivity contribution in [1.29, 1.82) is 0 Å². The molecule has 5 nitrogen and oxygen atoms in total. The van der Waals surface area contributed by atoms with Crippen LogP contribution >= 0.6 is 0 Å². The number of hydrogen-bond acceptors (Lipinski definition) is 3. The minimum Gasteiger partial charge on any atom is -0.456 e. The third-order valence-corrected chi connectivity index (χ3v) is 5.42. The van der Waals surface area contributed by atoms with E-state index in [2.05, 4.69) is 30.9 Å². The van der Waals surface area contributed by atoms with Crippen LogP contribution < -0.4 is 5.73 Å². The molecule has 0 saturated carbocycles. The van der Waals surface area contributed by atoms with Gasteiger partial charge in [-0.05, 0) is 81.2 Å². The fourth-order valence-electron chi connectivity index (χ4n) is 3.50. The fourth-order valence-corrected chi connectivity index (χ4v) is 3.50. The Balaban J connectivity index is 2.23. The molecule has 0 aliphatic carbocycles. The molecule has 2 N–H and O–H groups in total. The van der Waals surface area contributed by atoms with Crippen LogP contribution in [0, 0.1) is 13.8 Å². The predicted molar refractivity (Wildman–Crippen MR) is 141 cm³/mol. The molecule has 2 rings (SSSR count). The lowest BCUT2D eigenvalue weighted by molar-refractivity contribution is -0.149. The summed E-state index contributed by atoms with van der Waals surface area (Å²) in [7, 11) is 0. The summed E-state index contributed by atoms with van der Waals surface area (Å²) in [6.45, 7) is 25.9. The molecule has 0 saturated heterocycles. The molecule has 34 heavy (non-hydrogen) atoms. The van der Waals surface area contributed by atoms with E-state index in [9.17, 15) is 9.59 Å². The number of aryl methyl sites for hydroxylation is 1. The number of allylic oxidation sites excluding steroid dienone is 6. The highest BCUT2D eigenvalue weighted by Crippen LogP contribution is 2.27. The molecule has 0 unspecified atom stereocenters. The number of amides is 1. The van der Waals surface area contributed by atoms with Crippen LogP contribution in [0.15, 0.2) is 91.1 Å². The van der Waals surface area contributed by atoms with Gasteiger partial charge in [0.05, 0.1) is 5.57 Å². The molecular formula is C29H34N2O3. The van der Waals surface area contributed by atoms with Crippen molar-refractivity contribution in [3.8, 4) is 0 Å². The predicted octanol–water partition coefficient (Wildman–Crippen LogP) is 6.04.